The van der Waals surface area contributed by atoms with Gasteiger partial charge in [0.2, 0.25) is 0 Å². The Kier molecular flexibility index (Phi) is 3.69. The molecule has 0 spiro atoms. The van der Waals surface area contributed by atoms with Crippen LogP contribution in [0.25, 0.3) is 0 Å². The summed E-state index contributed by atoms with van der Waals surface area (Å²) in [5.41, 5.74) is 0.273. The fourth-order valence-corrected chi connectivity index (χ4v) is 5.56. The number of halogens is 1. The lowest BCUT2D eigenvalue weighted by atomic mass is 10.1. The van der Waals surface area contributed by atoms with Crippen LogP contribution in [-0.2, 0) is 20.4 Å². The highest BCUT2D eigenvalue weighted by atomic mass is 32.3. The Bertz CT molecular complexity index is 807. The van der Waals surface area contributed by atoms with E-state index in [0.717, 1.165) is 25.3 Å². The molecule has 1 aliphatic heterocycles. The normalized spacial score (nSPS) is 25.5. The standard InChI is InChI=1S/C13H17FN2O4S2/c1-9-2-4-11(7-13(9)21(14,17)18)15-22(19,20)16-8-10-3-5-12(16)6-10/h2,4,7,10,12,15H,3,5-6,8H2,1H3. The third-order valence-corrected chi connectivity index (χ3v) is 6.89. The van der Waals surface area contributed by atoms with Gasteiger partial charge in [-0.25, -0.2) is 0 Å². The first-order chi connectivity index (χ1) is 10.2. The molecule has 22 heavy (non-hydrogen) atoms. The summed E-state index contributed by atoms with van der Waals surface area (Å²) >= 11 is 0. The van der Waals surface area contributed by atoms with E-state index in [-0.39, 0.29) is 17.3 Å². The second kappa shape index (κ2) is 5.17. The highest BCUT2D eigenvalue weighted by Crippen LogP contribution is 2.39. The number of hydrogen-bond donors (Lipinski definition) is 1. The zero-order valence-corrected chi connectivity index (χ0v) is 13.6. The predicted octanol–water partition coefficient (Wildman–Crippen LogP) is 1.79. The number of hydrogen-bond acceptors (Lipinski definition) is 4. The SMILES string of the molecule is Cc1ccc(NS(=O)(=O)N2CC3CCC2C3)cc1S(=O)(=O)F. The second-order valence-corrected chi connectivity index (χ2v) is 8.87. The summed E-state index contributed by atoms with van der Waals surface area (Å²) in [6.07, 6.45) is 2.77. The molecule has 1 N–H and O–H groups in total. The molecule has 3 rings (SSSR count). The van der Waals surface area contributed by atoms with E-state index in [1.54, 1.807) is 0 Å². The van der Waals surface area contributed by atoms with Gasteiger partial charge in [0, 0.05) is 12.6 Å². The van der Waals surface area contributed by atoms with Gasteiger partial charge in [-0.3, -0.25) is 4.72 Å². The van der Waals surface area contributed by atoms with Gasteiger partial charge in [-0.1, -0.05) is 6.07 Å². The van der Waals surface area contributed by atoms with Gasteiger partial charge in [0.15, 0.2) is 0 Å². The maximum absolute atomic E-state index is 13.2. The molecule has 2 aliphatic rings. The summed E-state index contributed by atoms with van der Waals surface area (Å²) in [7, 11) is -8.64. The minimum Gasteiger partial charge on any atom is -0.271 e. The number of anilines is 1. The number of rotatable bonds is 4. The first kappa shape index (κ1) is 15.7. The molecule has 1 heterocycles. The van der Waals surface area contributed by atoms with Crippen LogP contribution in [0, 0.1) is 12.8 Å². The Morgan fingerprint density at radius 3 is 2.50 bits per heavy atom. The van der Waals surface area contributed by atoms with Crippen molar-refractivity contribution in [3.8, 4) is 0 Å². The van der Waals surface area contributed by atoms with Crippen molar-refractivity contribution < 1.29 is 20.7 Å². The minimum atomic E-state index is -4.89. The van der Waals surface area contributed by atoms with Crippen LogP contribution in [0.3, 0.4) is 0 Å². The van der Waals surface area contributed by atoms with Gasteiger partial charge < -0.3 is 0 Å². The van der Waals surface area contributed by atoms with E-state index in [2.05, 4.69) is 4.72 Å². The number of aryl methyl sites for hydroxylation is 1. The van der Waals surface area contributed by atoms with E-state index in [0.29, 0.717) is 12.5 Å². The van der Waals surface area contributed by atoms with E-state index < -0.39 is 25.3 Å². The molecule has 6 nitrogen and oxygen atoms in total. The molecule has 9 heteroatoms. The second-order valence-electron chi connectivity index (χ2n) is 5.93. The summed E-state index contributed by atoms with van der Waals surface area (Å²) in [6, 6.07) is 3.82. The molecule has 1 saturated carbocycles. The maximum atomic E-state index is 13.2. The zero-order chi connectivity index (χ0) is 16.1. The van der Waals surface area contributed by atoms with Crippen LogP contribution in [0.1, 0.15) is 24.8 Å². The van der Waals surface area contributed by atoms with Gasteiger partial charge >= 0.3 is 20.4 Å². The highest BCUT2D eigenvalue weighted by molar-refractivity contribution is 7.90. The van der Waals surface area contributed by atoms with Crippen molar-refractivity contribution in [2.45, 2.75) is 37.1 Å². The number of fused-ring (bicyclic) bond motifs is 2. The maximum Gasteiger partial charge on any atom is 0.332 e. The monoisotopic (exact) mass is 348 g/mol. The molecule has 2 unspecified atom stereocenters. The van der Waals surface area contributed by atoms with E-state index in [4.69, 9.17) is 0 Å². The zero-order valence-electron chi connectivity index (χ0n) is 12.0. The van der Waals surface area contributed by atoms with Gasteiger partial charge in [-0.05, 0) is 49.8 Å². The largest absolute Gasteiger partial charge is 0.332 e. The topological polar surface area (TPSA) is 83.6 Å². The first-order valence-electron chi connectivity index (χ1n) is 7.02. The third kappa shape index (κ3) is 2.84. The molecule has 1 aromatic carbocycles. The van der Waals surface area contributed by atoms with Crippen molar-refractivity contribution in [1.82, 2.24) is 4.31 Å². The molecular formula is C13H17FN2O4S2. The van der Waals surface area contributed by atoms with Gasteiger partial charge in [-0.15, -0.1) is 3.89 Å². The van der Waals surface area contributed by atoms with E-state index in [1.807, 2.05) is 0 Å². The van der Waals surface area contributed by atoms with Gasteiger partial charge in [0.1, 0.15) is 4.90 Å². The van der Waals surface area contributed by atoms with Crippen LogP contribution in [0.5, 0.6) is 0 Å². The molecule has 122 valence electrons. The molecule has 1 saturated heterocycles. The molecular weight excluding hydrogens is 331 g/mol. The molecule has 2 fully saturated rings. The first-order valence-corrected chi connectivity index (χ1v) is 9.84. The average Bonchev–Trinajstić information content (AvgIpc) is 3.02. The lowest BCUT2D eigenvalue weighted by Crippen LogP contribution is -2.41. The molecule has 0 aromatic heterocycles. The number of benzene rings is 1. The van der Waals surface area contributed by atoms with E-state index >= 15 is 0 Å². The van der Waals surface area contributed by atoms with Crippen LogP contribution in [0.4, 0.5) is 9.57 Å². The molecule has 0 amide bonds. The van der Waals surface area contributed by atoms with Gasteiger partial charge in [0.25, 0.3) is 0 Å². The fraction of sp³-hybridized carbons (Fsp3) is 0.538. The quantitative estimate of drug-likeness (QED) is 0.841. The Morgan fingerprint density at radius 2 is 1.95 bits per heavy atom. The molecule has 2 bridgehead atoms. The third-order valence-electron chi connectivity index (χ3n) is 4.37. The van der Waals surface area contributed by atoms with Crippen LogP contribution >= 0.6 is 0 Å². The van der Waals surface area contributed by atoms with Crippen LogP contribution in [-0.4, -0.2) is 33.7 Å². The lowest BCUT2D eigenvalue weighted by molar-refractivity contribution is 0.335. The van der Waals surface area contributed by atoms with Crippen molar-refractivity contribution in [3.05, 3.63) is 23.8 Å². The van der Waals surface area contributed by atoms with Gasteiger partial charge in [0.05, 0.1) is 5.69 Å². The van der Waals surface area contributed by atoms with E-state index in [9.17, 15) is 20.7 Å². The number of piperidine rings is 1. The molecule has 2 atom stereocenters. The van der Waals surface area contributed by atoms with Crippen molar-refractivity contribution in [2.24, 2.45) is 5.92 Å². The van der Waals surface area contributed by atoms with Gasteiger partial charge in [-0.2, -0.15) is 21.1 Å². The van der Waals surface area contributed by atoms with Crippen molar-refractivity contribution in [1.29, 1.82) is 0 Å². The fourth-order valence-electron chi connectivity index (χ4n) is 3.31. The predicted molar refractivity (Wildman–Crippen MR) is 79.9 cm³/mol. The summed E-state index contributed by atoms with van der Waals surface area (Å²) in [5, 5.41) is 0. The Morgan fingerprint density at radius 1 is 1.23 bits per heavy atom. The number of nitrogens with one attached hydrogen (secondary N) is 1. The Balaban J connectivity index is 1.87. The van der Waals surface area contributed by atoms with Crippen molar-refractivity contribution >= 4 is 26.1 Å². The van der Waals surface area contributed by atoms with Crippen LogP contribution in [0.15, 0.2) is 23.1 Å². The van der Waals surface area contributed by atoms with E-state index in [1.165, 1.54) is 23.4 Å². The Hall–Kier alpha value is -1.19. The van der Waals surface area contributed by atoms with Crippen LogP contribution < -0.4 is 4.72 Å². The summed E-state index contributed by atoms with van der Waals surface area (Å²) in [4.78, 5) is -0.518. The highest BCUT2D eigenvalue weighted by Gasteiger charge is 2.43. The van der Waals surface area contributed by atoms with Crippen molar-refractivity contribution in [2.75, 3.05) is 11.3 Å². The minimum absolute atomic E-state index is 0.0114. The molecule has 1 aliphatic carbocycles. The Labute approximate surface area is 129 Å². The molecule has 0 radical (unpaired) electrons. The van der Waals surface area contributed by atoms with Crippen molar-refractivity contribution in [3.63, 3.8) is 0 Å². The molecule has 1 aromatic rings. The summed E-state index contributed by atoms with van der Waals surface area (Å²) in [6.45, 7) is 1.93. The summed E-state index contributed by atoms with van der Waals surface area (Å²) < 4.78 is 64.0. The lowest BCUT2D eigenvalue weighted by Gasteiger charge is -2.26. The average molecular weight is 348 g/mol. The summed E-state index contributed by atoms with van der Waals surface area (Å²) in [5.74, 6) is 0.404. The van der Waals surface area contributed by atoms with Crippen LogP contribution in [0.2, 0.25) is 0 Å². The number of nitrogens with zero attached hydrogens (tertiary/aromatic N) is 1. The smallest absolute Gasteiger partial charge is 0.271 e.